The van der Waals surface area contributed by atoms with Gasteiger partial charge in [0.1, 0.15) is 0 Å². The van der Waals surface area contributed by atoms with Crippen molar-refractivity contribution in [2.45, 2.75) is 32.7 Å². The molecule has 12 heavy (non-hydrogen) atoms. The summed E-state index contributed by atoms with van der Waals surface area (Å²) in [6, 6.07) is 0.428. The van der Waals surface area contributed by atoms with Crippen molar-refractivity contribution in [1.82, 2.24) is 5.32 Å². The number of ketones is 1. The highest BCUT2D eigenvalue weighted by molar-refractivity contribution is 5.94. The third kappa shape index (κ3) is 1.15. The van der Waals surface area contributed by atoms with Crippen LogP contribution in [0.2, 0.25) is 0 Å². The molecular weight excluding hydrogens is 150 g/mol. The smallest absolute Gasteiger partial charge is 0.162 e. The van der Waals surface area contributed by atoms with E-state index >= 15 is 0 Å². The number of nitrogens with one attached hydrogen (secondary N) is 1. The Labute approximate surface area is 73.0 Å². The van der Waals surface area contributed by atoms with E-state index in [1.165, 1.54) is 0 Å². The average Bonchev–Trinajstić information content (AvgIpc) is 2.29. The van der Waals surface area contributed by atoms with E-state index in [1.807, 2.05) is 6.92 Å². The van der Waals surface area contributed by atoms with E-state index < -0.39 is 0 Å². The second-order valence-electron chi connectivity index (χ2n) is 4.16. The summed E-state index contributed by atoms with van der Waals surface area (Å²) in [4.78, 5) is 11.5. The second-order valence-corrected chi connectivity index (χ2v) is 4.16. The zero-order valence-electron chi connectivity index (χ0n) is 7.63. The van der Waals surface area contributed by atoms with Crippen LogP contribution in [-0.2, 0) is 4.79 Å². The number of hydrogen-bond acceptors (Lipinski definition) is 2. The largest absolute Gasteiger partial charge is 0.385 e. The predicted molar refractivity (Wildman–Crippen MR) is 47.6 cm³/mol. The van der Waals surface area contributed by atoms with Crippen molar-refractivity contribution in [2.24, 2.45) is 11.8 Å². The molecule has 0 saturated heterocycles. The fourth-order valence-corrected chi connectivity index (χ4v) is 2.42. The van der Waals surface area contributed by atoms with Crippen molar-refractivity contribution in [3.8, 4) is 0 Å². The summed E-state index contributed by atoms with van der Waals surface area (Å²) in [5.74, 6) is 1.31. The summed E-state index contributed by atoms with van der Waals surface area (Å²) in [7, 11) is 0. The van der Waals surface area contributed by atoms with Gasteiger partial charge in [0.05, 0.1) is 0 Å². The summed E-state index contributed by atoms with van der Waals surface area (Å²) >= 11 is 0. The van der Waals surface area contributed by atoms with E-state index in [4.69, 9.17) is 0 Å². The van der Waals surface area contributed by atoms with Crippen molar-refractivity contribution in [3.05, 3.63) is 11.8 Å². The molecule has 3 unspecified atom stereocenters. The number of fused-ring (bicyclic) bond motifs is 1. The maximum absolute atomic E-state index is 11.5. The topological polar surface area (TPSA) is 29.1 Å². The minimum atomic E-state index is 0.267. The Morgan fingerprint density at radius 2 is 2.25 bits per heavy atom. The summed E-state index contributed by atoms with van der Waals surface area (Å²) < 4.78 is 0. The molecule has 0 aromatic carbocycles. The van der Waals surface area contributed by atoms with Gasteiger partial charge in [-0.25, -0.2) is 0 Å². The lowest BCUT2D eigenvalue weighted by atomic mass is 9.94. The van der Waals surface area contributed by atoms with E-state index in [0.29, 0.717) is 17.7 Å². The van der Waals surface area contributed by atoms with Gasteiger partial charge in [0, 0.05) is 23.7 Å². The molecule has 3 atom stereocenters. The summed E-state index contributed by atoms with van der Waals surface area (Å²) in [6.07, 6.45) is 3.97. The normalized spacial score (nSPS) is 40.3. The quantitative estimate of drug-likeness (QED) is 0.589. The van der Waals surface area contributed by atoms with Gasteiger partial charge in [-0.1, -0.05) is 6.92 Å². The SMILES string of the molecule is CC1=CC(=O)C2CC(C)CC2N1. The molecule has 0 aromatic heterocycles. The van der Waals surface area contributed by atoms with E-state index in [1.54, 1.807) is 6.08 Å². The van der Waals surface area contributed by atoms with Crippen LogP contribution in [0.5, 0.6) is 0 Å². The first-order chi connectivity index (χ1) is 5.66. The van der Waals surface area contributed by atoms with Crippen molar-refractivity contribution in [1.29, 1.82) is 0 Å². The van der Waals surface area contributed by atoms with E-state index in [2.05, 4.69) is 12.2 Å². The molecule has 1 fully saturated rings. The van der Waals surface area contributed by atoms with E-state index in [-0.39, 0.29) is 5.92 Å². The maximum atomic E-state index is 11.5. The lowest BCUT2D eigenvalue weighted by Gasteiger charge is -2.24. The van der Waals surface area contributed by atoms with E-state index in [0.717, 1.165) is 18.5 Å². The Morgan fingerprint density at radius 1 is 1.50 bits per heavy atom. The fourth-order valence-electron chi connectivity index (χ4n) is 2.42. The molecule has 0 amide bonds. The van der Waals surface area contributed by atoms with Crippen LogP contribution in [0.3, 0.4) is 0 Å². The minimum Gasteiger partial charge on any atom is -0.385 e. The lowest BCUT2D eigenvalue weighted by molar-refractivity contribution is -0.119. The van der Waals surface area contributed by atoms with Crippen LogP contribution in [0.4, 0.5) is 0 Å². The molecule has 0 radical (unpaired) electrons. The van der Waals surface area contributed by atoms with Crippen LogP contribution >= 0.6 is 0 Å². The Kier molecular flexibility index (Phi) is 1.71. The fraction of sp³-hybridized carbons (Fsp3) is 0.700. The van der Waals surface area contributed by atoms with Gasteiger partial charge in [-0.15, -0.1) is 0 Å². The van der Waals surface area contributed by atoms with Gasteiger partial charge < -0.3 is 5.32 Å². The van der Waals surface area contributed by atoms with Crippen molar-refractivity contribution in [2.75, 3.05) is 0 Å². The zero-order valence-corrected chi connectivity index (χ0v) is 7.63. The molecule has 1 N–H and O–H groups in total. The van der Waals surface area contributed by atoms with Gasteiger partial charge in [-0.3, -0.25) is 4.79 Å². The third-order valence-corrected chi connectivity index (χ3v) is 2.94. The molecule has 0 spiro atoms. The number of carbonyl (C=O) groups is 1. The van der Waals surface area contributed by atoms with Crippen LogP contribution in [0.25, 0.3) is 0 Å². The highest BCUT2D eigenvalue weighted by Crippen LogP contribution is 2.34. The maximum Gasteiger partial charge on any atom is 0.162 e. The Hall–Kier alpha value is -0.790. The van der Waals surface area contributed by atoms with Crippen LogP contribution in [-0.4, -0.2) is 11.8 Å². The molecule has 0 aromatic rings. The molecule has 0 bridgehead atoms. The van der Waals surface area contributed by atoms with Crippen molar-refractivity contribution in [3.63, 3.8) is 0 Å². The third-order valence-electron chi connectivity index (χ3n) is 2.94. The van der Waals surface area contributed by atoms with Gasteiger partial charge in [-0.2, -0.15) is 0 Å². The van der Waals surface area contributed by atoms with Crippen LogP contribution in [0.15, 0.2) is 11.8 Å². The van der Waals surface area contributed by atoms with Gasteiger partial charge in [-0.05, 0) is 25.7 Å². The molecule has 66 valence electrons. The first-order valence-corrected chi connectivity index (χ1v) is 4.65. The Morgan fingerprint density at radius 3 is 3.00 bits per heavy atom. The average molecular weight is 165 g/mol. The molecule has 1 heterocycles. The predicted octanol–water partition coefficient (Wildman–Crippen LogP) is 1.48. The highest BCUT2D eigenvalue weighted by atomic mass is 16.1. The molecule has 1 aliphatic carbocycles. The zero-order chi connectivity index (χ0) is 8.72. The monoisotopic (exact) mass is 165 g/mol. The van der Waals surface area contributed by atoms with Gasteiger partial charge >= 0.3 is 0 Å². The molecule has 2 rings (SSSR count). The second kappa shape index (κ2) is 2.61. The molecule has 1 aliphatic heterocycles. The summed E-state index contributed by atoms with van der Waals surface area (Å²) in [5, 5.41) is 3.38. The Bertz CT molecular complexity index is 244. The molecule has 2 heteroatoms. The first-order valence-electron chi connectivity index (χ1n) is 4.65. The van der Waals surface area contributed by atoms with Crippen LogP contribution in [0.1, 0.15) is 26.7 Å². The molecular formula is C10H15NO. The summed E-state index contributed by atoms with van der Waals surface area (Å²) in [5.41, 5.74) is 1.04. The standard InChI is InChI=1S/C10H15NO/c1-6-3-8-9(4-6)11-7(2)5-10(8)12/h5-6,8-9,11H,3-4H2,1-2H3. The van der Waals surface area contributed by atoms with Crippen LogP contribution in [0, 0.1) is 11.8 Å². The minimum absolute atomic E-state index is 0.267. The number of hydrogen-bond donors (Lipinski definition) is 1. The van der Waals surface area contributed by atoms with Gasteiger partial charge in [0.25, 0.3) is 0 Å². The van der Waals surface area contributed by atoms with E-state index in [9.17, 15) is 4.79 Å². The number of carbonyl (C=O) groups excluding carboxylic acids is 1. The Balaban J connectivity index is 2.20. The lowest BCUT2D eigenvalue weighted by Crippen LogP contribution is -2.38. The van der Waals surface area contributed by atoms with Crippen molar-refractivity contribution >= 4 is 5.78 Å². The number of allylic oxidation sites excluding steroid dienone is 2. The van der Waals surface area contributed by atoms with Crippen LogP contribution < -0.4 is 5.32 Å². The summed E-state index contributed by atoms with van der Waals surface area (Å²) in [6.45, 7) is 4.19. The molecule has 2 aliphatic rings. The highest BCUT2D eigenvalue weighted by Gasteiger charge is 2.37. The number of rotatable bonds is 0. The first kappa shape index (κ1) is 7.84. The molecule has 1 saturated carbocycles. The van der Waals surface area contributed by atoms with Crippen molar-refractivity contribution < 1.29 is 4.79 Å². The van der Waals surface area contributed by atoms with Gasteiger partial charge in [0.15, 0.2) is 5.78 Å². The molecule has 2 nitrogen and oxygen atoms in total. The van der Waals surface area contributed by atoms with Gasteiger partial charge in [0.2, 0.25) is 0 Å².